The van der Waals surface area contributed by atoms with Crippen LogP contribution in [-0.2, 0) is 6.54 Å². The van der Waals surface area contributed by atoms with Gasteiger partial charge in [-0.3, -0.25) is 15.1 Å². The largest absolute Gasteiger partial charge is 0.325 e. The number of nitrogens with zero attached hydrogens (tertiary/aromatic N) is 2. The zero-order valence-electron chi connectivity index (χ0n) is 6.03. The van der Waals surface area contributed by atoms with Crippen LogP contribution in [0.15, 0.2) is 16.7 Å². The Hall–Kier alpha value is -1.01. The monoisotopic (exact) mass is 231 g/mol. The molecule has 0 radical (unpaired) electrons. The second kappa shape index (κ2) is 3.59. The van der Waals surface area contributed by atoms with Crippen molar-refractivity contribution in [3.05, 3.63) is 32.5 Å². The van der Waals surface area contributed by atoms with Crippen molar-refractivity contribution < 1.29 is 4.92 Å². The summed E-state index contributed by atoms with van der Waals surface area (Å²) in [6.45, 7) is 0.202. The summed E-state index contributed by atoms with van der Waals surface area (Å²) < 4.78 is 0.365. The fourth-order valence-electron chi connectivity index (χ4n) is 0.721. The Kier molecular flexibility index (Phi) is 2.72. The van der Waals surface area contributed by atoms with Gasteiger partial charge in [-0.05, 0) is 15.9 Å². The summed E-state index contributed by atoms with van der Waals surface area (Å²) in [4.78, 5) is 13.8. The van der Waals surface area contributed by atoms with Crippen LogP contribution in [0.3, 0.4) is 0 Å². The molecule has 1 rings (SSSR count). The minimum atomic E-state index is -0.481. The van der Waals surface area contributed by atoms with Crippen LogP contribution in [0.2, 0.25) is 0 Å². The third-order valence-electron chi connectivity index (χ3n) is 1.30. The van der Waals surface area contributed by atoms with Gasteiger partial charge in [-0.25, -0.2) is 0 Å². The molecule has 0 saturated heterocycles. The van der Waals surface area contributed by atoms with Gasteiger partial charge < -0.3 is 5.73 Å². The summed E-state index contributed by atoms with van der Waals surface area (Å²) in [6, 6.07) is 1.35. The van der Waals surface area contributed by atoms with E-state index in [1.165, 1.54) is 12.3 Å². The van der Waals surface area contributed by atoms with E-state index in [1.54, 1.807) is 0 Å². The fraction of sp³-hybridized carbons (Fsp3) is 0.167. The van der Waals surface area contributed by atoms with Crippen molar-refractivity contribution in [3.8, 4) is 0 Å². The molecule has 0 fully saturated rings. The number of halogens is 1. The Labute approximate surface area is 76.9 Å². The van der Waals surface area contributed by atoms with Crippen molar-refractivity contribution in [1.29, 1.82) is 0 Å². The number of hydrogen-bond donors (Lipinski definition) is 1. The van der Waals surface area contributed by atoms with Gasteiger partial charge in [0.2, 0.25) is 0 Å². The van der Waals surface area contributed by atoms with Gasteiger partial charge in [0.05, 0.1) is 10.6 Å². The molecule has 1 aromatic rings. The molecule has 6 heteroatoms. The zero-order chi connectivity index (χ0) is 9.14. The lowest BCUT2D eigenvalue weighted by Gasteiger charge is -1.97. The van der Waals surface area contributed by atoms with Gasteiger partial charge in [0, 0.05) is 18.8 Å². The molecule has 1 aromatic heterocycles. The SMILES string of the molecule is NCc1cc([N+](=O)[O-])c(Br)cn1. The molecule has 0 aromatic carbocycles. The van der Waals surface area contributed by atoms with E-state index in [-0.39, 0.29) is 12.2 Å². The predicted molar refractivity (Wildman–Crippen MR) is 46.5 cm³/mol. The van der Waals surface area contributed by atoms with Crippen LogP contribution < -0.4 is 5.73 Å². The average Bonchev–Trinajstić information content (AvgIpc) is 2.05. The first-order valence-electron chi connectivity index (χ1n) is 3.14. The van der Waals surface area contributed by atoms with Crippen molar-refractivity contribution in [3.63, 3.8) is 0 Å². The van der Waals surface area contributed by atoms with Crippen LogP contribution in [0.4, 0.5) is 5.69 Å². The van der Waals surface area contributed by atoms with E-state index >= 15 is 0 Å². The summed E-state index contributed by atoms with van der Waals surface area (Å²) in [5.74, 6) is 0. The van der Waals surface area contributed by atoms with Crippen molar-refractivity contribution >= 4 is 21.6 Å². The van der Waals surface area contributed by atoms with Gasteiger partial charge in [-0.1, -0.05) is 0 Å². The number of pyridine rings is 1. The van der Waals surface area contributed by atoms with Gasteiger partial charge in [0.25, 0.3) is 5.69 Å². The van der Waals surface area contributed by atoms with Gasteiger partial charge in [0.1, 0.15) is 4.47 Å². The van der Waals surface area contributed by atoms with E-state index in [2.05, 4.69) is 20.9 Å². The first-order chi connectivity index (χ1) is 5.65. The van der Waals surface area contributed by atoms with Crippen LogP contribution in [0.25, 0.3) is 0 Å². The number of nitro groups is 1. The van der Waals surface area contributed by atoms with Crippen LogP contribution in [0, 0.1) is 10.1 Å². The minimum absolute atomic E-state index is 0.00884. The van der Waals surface area contributed by atoms with Crippen molar-refractivity contribution in [1.82, 2.24) is 4.98 Å². The van der Waals surface area contributed by atoms with E-state index in [0.29, 0.717) is 10.2 Å². The summed E-state index contributed by atoms with van der Waals surface area (Å²) in [7, 11) is 0. The molecule has 0 unspecified atom stereocenters. The van der Waals surface area contributed by atoms with Gasteiger partial charge in [-0.2, -0.15) is 0 Å². The standard InChI is InChI=1S/C6H6BrN3O2/c7-5-3-9-4(2-8)1-6(5)10(11)12/h1,3H,2,8H2. The molecule has 0 spiro atoms. The van der Waals surface area contributed by atoms with Crippen molar-refractivity contribution in [2.75, 3.05) is 0 Å². The van der Waals surface area contributed by atoms with E-state index in [1.807, 2.05) is 0 Å². The second-order valence-corrected chi connectivity index (χ2v) is 2.94. The first-order valence-corrected chi connectivity index (χ1v) is 3.93. The van der Waals surface area contributed by atoms with Crippen LogP contribution >= 0.6 is 15.9 Å². The second-order valence-electron chi connectivity index (χ2n) is 2.09. The Bertz CT molecular complexity index is 316. The van der Waals surface area contributed by atoms with E-state index in [9.17, 15) is 10.1 Å². The molecule has 0 amide bonds. The van der Waals surface area contributed by atoms with Crippen LogP contribution in [-0.4, -0.2) is 9.91 Å². The molecule has 0 aliphatic rings. The summed E-state index contributed by atoms with van der Waals surface area (Å²) in [5, 5.41) is 10.4. The Morgan fingerprint density at radius 2 is 2.42 bits per heavy atom. The third-order valence-corrected chi connectivity index (χ3v) is 1.91. The summed E-state index contributed by atoms with van der Waals surface area (Å²) >= 11 is 3.02. The van der Waals surface area contributed by atoms with E-state index < -0.39 is 4.92 Å². The minimum Gasteiger partial charge on any atom is -0.325 e. The lowest BCUT2D eigenvalue weighted by atomic mass is 10.3. The third kappa shape index (κ3) is 1.77. The maximum absolute atomic E-state index is 10.4. The molecule has 2 N–H and O–H groups in total. The van der Waals surface area contributed by atoms with Crippen LogP contribution in [0.1, 0.15) is 5.69 Å². The highest BCUT2D eigenvalue weighted by Crippen LogP contribution is 2.23. The molecule has 0 aliphatic heterocycles. The lowest BCUT2D eigenvalue weighted by molar-refractivity contribution is -0.385. The molecular weight excluding hydrogens is 226 g/mol. The quantitative estimate of drug-likeness (QED) is 0.613. The highest BCUT2D eigenvalue weighted by atomic mass is 79.9. The molecule has 5 nitrogen and oxygen atoms in total. The number of nitrogens with two attached hydrogens (primary N) is 1. The van der Waals surface area contributed by atoms with Gasteiger partial charge in [0.15, 0.2) is 0 Å². The molecule has 0 aliphatic carbocycles. The summed E-state index contributed by atoms with van der Waals surface area (Å²) in [5.41, 5.74) is 5.76. The normalized spacial score (nSPS) is 9.83. The molecule has 12 heavy (non-hydrogen) atoms. The fourth-order valence-corrected chi connectivity index (χ4v) is 1.08. The highest BCUT2D eigenvalue weighted by molar-refractivity contribution is 9.10. The predicted octanol–water partition coefficient (Wildman–Crippen LogP) is 1.21. The van der Waals surface area contributed by atoms with E-state index in [0.717, 1.165) is 0 Å². The van der Waals surface area contributed by atoms with Crippen molar-refractivity contribution in [2.45, 2.75) is 6.54 Å². The molecular formula is C6H6BrN3O2. The average molecular weight is 232 g/mol. The zero-order valence-corrected chi connectivity index (χ0v) is 7.61. The maximum Gasteiger partial charge on any atom is 0.286 e. The Balaban J connectivity index is 3.17. The maximum atomic E-state index is 10.4. The van der Waals surface area contributed by atoms with Crippen molar-refractivity contribution in [2.24, 2.45) is 5.73 Å². The number of rotatable bonds is 2. The van der Waals surface area contributed by atoms with E-state index in [4.69, 9.17) is 5.73 Å². The molecule has 0 bridgehead atoms. The topological polar surface area (TPSA) is 82.0 Å². The van der Waals surface area contributed by atoms with Gasteiger partial charge >= 0.3 is 0 Å². The molecule has 64 valence electrons. The van der Waals surface area contributed by atoms with Crippen LogP contribution in [0.5, 0.6) is 0 Å². The summed E-state index contributed by atoms with van der Waals surface area (Å²) in [6.07, 6.45) is 1.38. The Morgan fingerprint density at radius 1 is 1.75 bits per heavy atom. The number of aromatic nitrogens is 1. The molecule has 1 heterocycles. The highest BCUT2D eigenvalue weighted by Gasteiger charge is 2.12. The molecule has 0 saturated carbocycles. The lowest BCUT2D eigenvalue weighted by Crippen LogP contribution is -2.01. The first kappa shape index (κ1) is 9.08. The number of hydrogen-bond acceptors (Lipinski definition) is 4. The molecule has 0 atom stereocenters. The smallest absolute Gasteiger partial charge is 0.286 e. The Morgan fingerprint density at radius 3 is 2.92 bits per heavy atom. The van der Waals surface area contributed by atoms with Gasteiger partial charge in [-0.15, -0.1) is 0 Å².